The Morgan fingerprint density at radius 2 is 2.23 bits per heavy atom. The Balaban J connectivity index is 2.49. The third-order valence-electron chi connectivity index (χ3n) is 1.95. The standard InChI is InChI=1S/C10H10N2O/c13-12-7-8-3-4-9-2-1-5-11-10(9)6-8/h1-6,12-13H,7H2. The van der Waals surface area contributed by atoms with E-state index in [1.165, 1.54) is 0 Å². The Hall–Kier alpha value is -1.45. The third-order valence-corrected chi connectivity index (χ3v) is 1.95. The zero-order valence-electron chi connectivity index (χ0n) is 7.07. The van der Waals surface area contributed by atoms with Gasteiger partial charge in [0, 0.05) is 18.1 Å². The van der Waals surface area contributed by atoms with Gasteiger partial charge in [0.1, 0.15) is 0 Å². The molecule has 0 saturated heterocycles. The molecule has 0 aliphatic carbocycles. The van der Waals surface area contributed by atoms with Gasteiger partial charge in [-0.25, -0.2) is 5.48 Å². The Bertz CT molecular complexity index is 414. The van der Waals surface area contributed by atoms with E-state index >= 15 is 0 Å². The number of hydrogen-bond donors (Lipinski definition) is 2. The smallest absolute Gasteiger partial charge is 0.0705 e. The predicted molar refractivity (Wildman–Crippen MR) is 50.4 cm³/mol. The van der Waals surface area contributed by atoms with Crippen LogP contribution in [0.5, 0.6) is 0 Å². The summed E-state index contributed by atoms with van der Waals surface area (Å²) in [6, 6.07) is 9.84. The summed E-state index contributed by atoms with van der Waals surface area (Å²) in [5.41, 5.74) is 4.10. The molecule has 0 spiro atoms. The number of benzene rings is 1. The summed E-state index contributed by atoms with van der Waals surface area (Å²) >= 11 is 0. The molecule has 66 valence electrons. The highest BCUT2D eigenvalue weighted by Crippen LogP contribution is 2.12. The maximum absolute atomic E-state index is 8.52. The molecule has 0 radical (unpaired) electrons. The van der Waals surface area contributed by atoms with Crippen LogP contribution in [0.3, 0.4) is 0 Å². The van der Waals surface area contributed by atoms with E-state index in [9.17, 15) is 0 Å². The first-order valence-electron chi connectivity index (χ1n) is 4.11. The molecule has 0 unspecified atom stereocenters. The van der Waals surface area contributed by atoms with E-state index < -0.39 is 0 Å². The lowest BCUT2D eigenvalue weighted by molar-refractivity contribution is 0.161. The lowest BCUT2D eigenvalue weighted by atomic mass is 10.1. The molecule has 1 aromatic heterocycles. The Morgan fingerprint density at radius 3 is 3.08 bits per heavy atom. The summed E-state index contributed by atoms with van der Waals surface area (Å²) in [7, 11) is 0. The number of aromatic nitrogens is 1. The summed E-state index contributed by atoms with van der Waals surface area (Å²) in [4.78, 5) is 4.21. The van der Waals surface area contributed by atoms with Crippen LogP contribution in [0.1, 0.15) is 5.56 Å². The van der Waals surface area contributed by atoms with Gasteiger partial charge in [0.05, 0.1) is 5.52 Å². The fraction of sp³-hybridized carbons (Fsp3) is 0.100. The highest BCUT2D eigenvalue weighted by atomic mass is 16.5. The first-order valence-corrected chi connectivity index (χ1v) is 4.11. The lowest BCUT2D eigenvalue weighted by Crippen LogP contribution is -2.05. The molecule has 0 fully saturated rings. The molecule has 0 aliphatic heterocycles. The van der Waals surface area contributed by atoms with E-state index in [0.29, 0.717) is 6.54 Å². The predicted octanol–water partition coefficient (Wildman–Crippen LogP) is 1.71. The molecule has 0 aliphatic rings. The fourth-order valence-electron chi connectivity index (χ4n) is 1.31. The van der Waals surface area contributed by atoms with E-state index in [1.807, 2.05) is 30.3 Å². The van der Waals surface area contributed by atoms with Crippen molar-refractivity contribution in [3.05, 3.63) is 42.1 Å². The van der Waals surface area contributed by atoms with Gasteiger partial charge >= 0.3 is 0 Å². The van der Waals surface area contributed by atoms with Crippen molar-refractivity contribution in [1.29, 1.82) is 0 Å². The minimum Gasteiger partial charge on any atom is -0.316 e. The van der Waals surface area contributed by atoms with Gasteiger partial charge < -0.3 is 5.21 Å². The van der Waals surface area contributed by atoms with E-state index in [2.05, 4.69) is 10.5 Å². The van der Waals surface area contributed by atoms with Crippen molar-refractivity contribution in [1.82, 2.24) is 10.5 Å². The van der Waals surface area contributed by atoms with Crippen LogP contribution in [0.15, 0.2) is 36.5 Å². The summed E-state index contributed by atoms with van der Waals surface area (Å²) in [6.45, 7) is 0.451. The van der Waals surface area contributed by atoms with E-state index in [1.54, 1.807) is 6.20 Å². The largest absolute Gasteiger partial charge is 0.316 e. The Labute approximate surface area is 76.0 Å². The summed E-state index contributed by atoms with van der Waals surface area (Å²) < 4.78 is 0. The highest BCUT2D eigenvalue weighted by molar-refractivity contribution is 5.78. The molecule has 0 amide bonds. The molecule has 0 bridgehead atoms. The molecule has 0 atom stereocenters. The number of nitrogens with zero attached hydrogens (tertiary/aromatic N) is 1. The van der Waals surface area contributed by atoms with Crippen molar-refractivity contribution in [2.45, 2.75) is 6.54 Å². The molecule has 0 saturated carbocycles. The number of nitrogens with one attached hydrogen (secondary N) is 1. The van der Waals surface area contributed by atoms with Crippen molar-refractivity contribution in [3.63, 3.8) is 0 Å². The molecular weight excluding hydrogens is 164 g/mol. The minimum atomic E-state index is 0.451. The van der Waals surface area contributed by atoms with Gasteiger partial charge in [0.2, 0.25) is 0 Å². The Kier molecular flexibility index (Phi) is 2.21. The first kappa shape index (κ1) is 8.16. The second-order valence-corrected chi connectivity index (χ2v) is 2.87. The van der Waals surface area contributed by atoms with Crippen LogP contribution in [0.25, 0.3) is 10.9 Å². The molecule has 13 heavy (non-hydrogen) atoms. The molecule has 1 aromatic carbocycles. The molecule has 3 heteroatoms. The van der Waals surface area contributed by atoms with Crippen molar-refractivity contribution >= 4 is 10.9 Å². The zero-order valence-corrected chi connectivity index (χ0v) is 7.07. The topological polar surface area (TPSA) is 45.1 Å². The van der Waals surface area contributed by atoms with Crippen LogP contribution in [0.4, 0.5) is 0 Å². The highest BCUT2D eigenvalue weighted by Gasteiger charge is 1.95. The summed E-state index contributed by atoms with van der Waals surface area (Å²) in [5, 5.41) is 9.64. The molecule has 2 rings (SSSR count). The second kappa shape index (κ2) is 3.51. The van der Waals surface area contributed by atoms with E-state index in [-0.39, 0.29) is 0 Å². The average molecular weight is 174 g/mol. The zero-order chi connectivity index (χ0) is 9.10. The number of hydrogen-bond acceptors (Lipinski definition) is 3. The van der Waals surface area contributed by atoms with Crippen molar-refractivity contribution < 1.29 is 5.21 Å². The normalized spacial score (nSPS) is 10.5. The number of hydroxylamine groups is 1. The summed E-state index contributed by atoms with van der Waals surface area (Å²) in [5.74, 6) is 0. The van der Waals surface area contributed by atoms with Gasteiger partial charge in [-0.2, -0.15) is 0 Å². The lowest BCUT2D eigenvalue weighted by Gasteiger charge is -2.00. The number of fused-ring (bicyclic) bond motifs is 1. The van der Waals surface area contributed by atoms with Gasteiger partial charge in [-0.15, -0.1) is 0 Å². The maximum Gasteiger partial charge on any atom is 0.0705 e. The number of rotatable bonds is 2. The molecular formula is C10H10N2O. The quantitative estimate of drug-likeness (QED) is 0.681. The summed E-state index contributed by atoms with van der Waals surface area (Å²) in [6.07, 6.45) is 1.76. The van der Waals surface area contributed by atoms with E-state index in [4.69, 9.17) is 5.21 Å². The van der Waals surface area contributed by atoms with Crippen LogP contribution in [-0.4, -0.2) is 10.2 Å². The molecule has 3 nitrogen and oxygen atoms in total. The molecule has 1 heterocycles. The van der Waals surface area contributed by atoms with Crippen molar-refractivity contribution in [3.8, 4) is 0 Å². The van der Waals surface area contributed by atoms with Gasteiger partial charge in [-0.1, -0.05) is 18.2 Å². The SMILES string of the molecule is ONCc1ccc2cccnc2c1. The molecule has 2 N–H and O–H groups in total. The third kappa shape index (κ3) is 1.66. The van der Waals surface area contributed by atoms with Crippen LogP contribution < -0.4 is 5.48 Å². The number of pyridine rings is 1. The fourth-order valence-corrected chi connectivity index (χ4v) is 1.31. The first-order chi connectivity index (χ1) is 6.40. The minimum absolute atomic E-state index is 0.451. The second-order valence-electron chi connectivity index (χ2n) is 2.87. The van der Waals surface area contributed by atoms with Crippen LogP contribution in [0.2, 0.25) is 0 Å². The Morgan fingerprint density at radius 1 is 1.31 bits per heavy atom. The average Bonchev–Trinajstić information content (AvgIpc) is 2.18. The van der Waals surface area contributed by atoms with Gasteiger partial charge in [0.15, 0.2) is 0 Å². The molecule has 2 aromatic rings. The van der Waals surface area contributed by atoms with Crippen LogP contribution in [0, 0.1) is 0 Å². The monoisotopic (exact) mass is 174 g/mol. The maximum atomic E-state index is 8.52. The van der Waals surface area contributed by atoms with Gasteiger partial charge in [0.25, 0.3) is 0 Å². The van der Waals surface area contributed by atoms with Crippen molar-refractivity contribution in [2.75, 3.05) is 0 Å². The van der Waals surface area contributed by atoms with Crippen molar-refractivity contribution in [2.24, 2.45) is 0 Å². The van der Waals surface area contributed by atoms with E-state index in [0.717, 1.165) is 16.5 Å². The van der Waals surface area contributed by atoms with Crippen LogP contribution in [-0.2, 0) is 6.54 Å². The van der Waals surface area contributed by atoms with Gasteiger partial charge in [-0.3, -0.25) is 4.98 Å². The van der Waals surface area contributed by atoms with Crippen LogP contribution >= 0.6 is 0 Å². The van der Waals surface area contributed by atoms with Gasteiger partial charge in [-0.05, 0) is 17.7 Å².